The maximum Gasteiger partial charge on any atom is 0.333 e. The Morgan fingerprint density at radius 1 is 1.12 bits per heavy atom. The maximum absolute atomic E-state index is 11.9. The van der Waals surface area contributed by atoms with Gasteiger partial charge >= 0.3 is 5.97 Å². The van der Waals surface area contributed by atoms with E-state index in [9.17, 15) is 9.90 Å². The monoisotopic (exact) mass is 354 g/mol. The number of aliphatic hydroxyl groups is 1. The number of aliphatic hydroxyl groups excluding tert-OH is 1. The van der Waals surface area contributed by atoms with Crippen molar-refractivity contribution in [3.05, 3.63) is 11.6 Å². The molecule has 3 fully saturated rings. The molecule has 7 heteroatoms. The van der Waals surface area contributed by atoms with Crippen LogP contribution in [-0.2, 0) is 28.5 Å². The zero-order valence-electron chi connectivity index (χ0n) is 14.6. The number of hydrogen-bond donors (Lipinski definition) is 1. The van der Waals surface area contributed by atoms with Crippen molar-refractivity contribution in [1.82, 2.24) is 0 Å². The van der Waals surface area contributed by atoms with E-state index in [0.29, 0.717) is 38.0 Å². The summed E-state index contributed by atoms with van der Waals surface area (Å²) in [6, 6.07) is 0. The Balaban J connectivity index is 1.66. The summed E-state index contributed by atoms with van der Waals surface area (Å²) in [4.78, 5) is 11.9. The highest BCUT2D eigenvalue weighted by molar-refractivity contribution is 5.88. The molecule has 3 saturated heterocycles. The molecule has 3 heterocycles. The van der Waals surface area contributed by atoms with Gasteiger partial charge in [-0.25, -0.2) is 4.79 Å². The average Bonchev–Trinajstić information content (AvgIpc) is 2.64. The number of fused-ring (bicyclic) bond motifs is 2. The van der Waals surface area contributed by atoms with Crippen molar-refractivity contribution in [2.75, 3.05) is 20.3 Å². The highest BCUT2D eigenvalue weighted by Gasteiger charge is 2.64. The molecule has 0 aromatic carbocycles. The first-order chi connectivity index (χ1) is 12.1. The molecule has 1 N–H and O–H groups in total. The first-order valence-electron chi connectivity index (χ1n) is 9.20. The molecule has 0 amide bonds. The second-order valence-corrected chi connectivity index (χ2v) is 7.23. The third kappa shape index (κ3) is 2.82. The van der Waals surface area contributed by atoms with Crippen LogP contribution in [0.3, 0.4) is 0 Å². The first kappa shape index (κ1) is 17.4. The fraction of sp³-hybridized carbons (Fsp3) is 0.833. The van der Waals surface area contributed by atoms with Gasteiger partial charge in [-0.3, -0.25) is 0 Å². The number of methoxy groups -OCH3 is 1. The van der Waals surface area contributed by atoms with Crippen LogP contribution >= 0.6 is 0 Å². The molecule has 0 aromatic rings. The molecular formula is C18H26O7. The Morgan fingerprint density at radius 3 is 2.32 bits per heavy atom. The second-order valence-electron chi connectivity index (χ2n) is 7.23. The van der Waals surface area contributed by atoms with Gasteiger partial charge in [0, 0.05) is 24.8 Å². The van der Waals surface area contributed by atoms with Crippen molar-refractivity contribution in [2.45, 2.75) is 74.8 Å². The van der Waals surface area contributed by atoms with E-state index in [1.165, 1.54) is 13.2 Å². The van der Waals surface area contributed by atoms with Gasteiger partial charge in [-0.15, -0.1) is 0 Å². The van der Waals surface area contributed by atoms with Crippen LogP contribution in [-0.4, -0.2) is 61.3 Å². The van der Waals surface area contributed by atoms with Crippen LogP contribution in [0.15, 0.2) is 11.6 Å². The zero-order chi connectivity index (χ0) is 17.5. The van der Waals surface area contributed by atoms with E-state index < -0.39 is 35.9 Å². The van der Waals surface area contributed by atoms with Gasteiger partial charge in [0.15, 0.2) is 0 Å². The minimum Gasteiger partial charge on any atom is -0.466 e. The summed E-state index contributed by atoms with van der Waals surface area (Å²) in [6.45, 7) is 1.18. The van der Waals surface area contributed by atoms with Crippen molar-refractivity contribution >= 4 is 5.97 Å². The molecule has 2 spiro atoms. The van der Waals surface area contributed by atoms with Gasteiger partial charge < -0.3 is 28.8 Å². The number of ether oxygens (including phenoxy) is 5. The Kier molecular flexibility index (Phi) is 4.62. The summed E-state index contributed by atoms with van der Waals surface area (Å²) in [5.74, 6) is -2.40. The molecule has 0 unspecified atom stereocenters. The predicted octanol–water partition coefficient (Wildman–Crippen LogP) is 1.43. The third-order valence-electron chi connectivity index (χ3n) is 5.66. The van der Waals surface area contributed by atoms with E-state index in [0.717, 1.165) is 25.7 Å². The van der Waals surface area contributed by atoms with Gasteiger partial charge in [0.05, 0.1) is 26.4 Å². The van der Waals surface area contributed by atoms with Crippen molar-refractivity contribution in [1.29, 1.82) is 0 Å². The van der Waals surface area contributed by atoms with E-state index in [4.69, 9.17) is 23.7 Å². The number of carbonyl (C=O) groups is 1. The van der Waals surface area contributed by atoms with E-state index in [1.54, 1.807) is 0 Å². The predicted molar refractivity (Wildman–Crippen MR) is 85.5 cm³/mol. The summed E-state index contributed by atoms with van der Waals surface area (Å²) in [5.41, 5.74) is 0.409. The summed E-state index contributed by atoms with van der Waals surface area (Å²) in [6.07, 6.45) is 5.08. The molecule has 4 aliphatic rings. The summed E-state index contributed by atoms with van der Waals surface area (Å²) in [7, 11) is 1.33. The van der Waals surface area contributed by atoms with Crippen LogP contribution in [0.1, 0.15) is 44.9 Å². The highest BCUT2D eigenvalue weighted by Crippen LogP contribution is 2.51. The second kappa shape index (κ2) is 6.63. The largest absolute Gasteiger partial charge is 0.466 e. The molecule has 7 nitrogen and oxygen atoms in total. The highest BCUT2D eigenvalue weighted by atomic mass is 16.8. The van der Waals surface area contributed by atoms with Crippen molar-refractivity contribution in [2.24, 2.45) is 0 Å². The van der Waals surface area contributed by atoms with Gasteiger partial charge in [-0.05, 0) is 31.8 Å². The Labute approximate surface area is 147 Å². The van der Waals surface area contributed by atoms with Crippen molar-refractivity contribution in [3.63, 3.8) is 0 Å². The van der Waals surface area contributed by atoms with Crippen LogP contribution < -0.4 is 0 Å². The van der Waals surface area contributed by atoms with E-state index >= 15 is 0 Å². The molecule has 0 bridgehead atoms. The van der Waals surface area contributed by atoms with Crippen LogP contribution in [0.5, 0.6) is 0 Å². The molecule has 140 valence electrons. The van der Waals surface area contributed by atoms with Crippen LogP contribution in [0, 0.1) is 0 Å². The molecule has 0 saturated carbocycles. The SMILES string of the molecule is COC(=O)C1=C[C@H](O)[C@H]2O[C@@]3(CCCCO3)[C@]3(CCCCO3)O[C@@H]2C1. The quantitative estimate of drug-likeness (QED) is 0.713. The van der Waals surface area contributed by atoms with E-state index in [1.807, 2.05) is 0 Å². The van der Waals surface area contributed by atoms with Gasteiger partial charge in [0.1, 0.15) is 12.2 Å². The molecule has 3 aliphatic heterocycles. The van der Waals surface area contributed by atoms with Gasteiger partial charge in [-0.1, -0.05) is 0 Å². The molecule has 0 radical (unpaired) electrons. The van der Waals surface area contributed by atoms with Crippen LogP contribution in [0.25, 0.3) is 0 Å². The molecule has 25 heavy (non-hydrogen) atoms. The lowest BCUT2D eigenvalue weighted by atomic mass is 9.84. The number of carbonyl (C=O) groups excluding carboxylic acids is 1. The minimum absolute atomic E-state index is 0.329. The standard InChI is InChI=1S/C18H26O7/c1-21-16(20)12-10-13(19)15-14(11-12)24-17(6-2-4-8-22-17)18(25-15)7-3-5-9-23-18/h10,13-15,19H,2-9,11H2,1H3/t13-,14+,15+,17-,18-/m0/s1. The fourth-order valence-electron chi connectivity index (χ4n) is 4.43. The lowest BCUT2D eigenvalue weighted by Gasteiger charge is -2.59. The number of esters is 1. The van der Waals surface area contributed by atoms with Crippen LogP contribution in [0.4, 0.5) is 0 Å². The summed E-state index contributed by atoms with van der Waals surface area (Å²) >= 11 is 0. The van der Waals surface area contributed by atoms with E-state index in [2.05, 4.69) is 0 Å². The molecule has 1 aliphatic carbocycles. The zero-order valence-corrected chi connectivity index (χ0v) is 14.6. The number of hydrogen-bond acceptors (Lipinski definition) is 7. The van der Waals surface area contributed by atoms with Gasteiger partial charge in [0.2, 0.25) is 11.6 Å². The molecule has 0 aromatic heterocycles. The molecular weight excluding hydrogens is 328 g/mol. The Bertz CT molecular complexity index is 546. The molecule has 4 rings (SSSR count). The van der Waals surface area contributed by atoms with Crippen molar-refractivity contribution in [3.8, 4) is 0 Å². The lowest BCUT2D eigenvalue weighted by Crippen LogP contribution is -2.71. The minimum atomic E-state index is -0.982. The lowest BCUT2D eigenvalue weighted by molar-refractivity contribution is -0.485. The maximum atomic E-state index is 11.9. The smallest absolute Gasteiger partial charge is 0.333 e. The Hall–Kier alpha value is -0.990. The first-order valence-corrected chi connectivity index (χ1v) is 9.20. The van der Waals surface area contributed by atoms with Crippen LogP contribution in [0.2, 0.25) is 0 Å². The Morgan fingerprint density at radius 2 is 1.76 bits per heavy atom. The molecule has 5 atom stereocenters. The van der Waals surface area contributed by atoms with Crippen molar-refractivity contribution < 1.29 is 33.6 Å². The fourth-order valence-corrected chi connectivity index (χ4v) is 4.43. The summed E-state index contributed by atoms with van der Waals surface area (Å²) < 4.78 is 29.8. The number of rotatable bonds is 1. The van der Waals surface area contributed by atoms with E-state index in [-0.39, 0.29) is 0 Å². The topological polar surface area (TPSA) is 83.5 Å². The van der Waals surface area contributed by atoms with Gasteiger partial charge in [-0.2, -0.15) is 0 Å². The average molecular weight is 354 g/mol. The van der Waals surface area contributed by atoms with Gasteiger partial charge in [0.25, 0.3) is 0 Å². The third-order valence-corrected chi connectivity index (χ3v) is 5.66. The summed E-state index contributed by atoms with van der Waals surface area (Å²) in [5, 5.41) is 10.5. The normalized spacial score (nSPS) is 44.2.